The van der Waals surface area contributed by atoms with Crippen molar-refractivity contribution in [3.8, 4) is 0 Å². The van der Waals surface area contributed by atoms with E-state index in [1.54, 1.807) is 12.4 Å². The van der Waals surface area contributed by atoms with E-state index in [9.17, 15) is 4.79 Å². The van der Waals surface area contributed by atoms with Crippen LogP contribution in [-0.4, -0.2) is 23.4 Å². The van der Waals surface area contributed by atoms with E-state index >= 15 is 0 Å². The van der Waals surface area contributed by atoms with Gasteiger partial charge in [-0.25, -0.2) is 15.2 Å². The molecule has 1 amide bonds. The highest BCUT2D eigenvalue weighted by Crippen LogP contribution is 2.24. The number of carbonyl (C=O) groups is 1. The van der Waals surface area contributed by atoms with Crippen LogP contribution in [0.2, 0.25) is 0 Å². The van der Waals surface area contributed by atoms with Crippen molar-refractivity contribution >= 4 is 23.4 Å². The highest BCUT2D eigenvalue weighted by Gasteiger charge is 2.25. The molecular formula is C14H12ClN3O2. The van der Waals surface area contributed by atoms with Gasteiger partial charge < -0.3 is 4.74 Å². The number of nitrogens with one attached hydrogen (secondary N) is 1. The molecule has 0 aliphatic carbocycles. The molecule has 0 unspecified atom stereocenters. The molecule has 102 valence electrons. The molecule has 0 saturated carbocycles. The zero-order valence-electron chi connectivity index (χ0n) is 10.5. The van der Waals surface area contributed by atoms with Gasteiger partial charge in [0.05, 0.1) is 17.3 Å². The molecule has 1 aromatic carbocycles. The average Bonchev–Trinajstić information content (AvgIpc) is 2.87. The van der Waals surface area contributed by atoms with Crippen LogP contribution >= 0.6 is 11.6 Å². The minimum atomic E-state index is -0.475. The molecule has 1 N–H and O–H groups in total. The quantitative estimate of drug-likeness (QED) is 0.910. The van der Waals surface area contributed by atoms with Crippen LogP contribution in [0.4, 0.5) is 4.79 Å². The number of amides is 1. The molecule has 0 spiro atoms. The highest BCUT2D eigenvalue weighted by molar-refractivity contribution is 6.37. The summed E-state index contributed by atoms with van der Waals surface area (Å²) >= 11 is 6.00. The summed E-state index contributed by atoms with van der Waals surface area (Å²) in [5, 5.41) is 1.82. The molecule has 2 aliphatic heterocycles. The Morgan fingerprint density at radius 3 is 3.00 bits per heavy atom. The van der Waals surface area contributed by atoms with E-state index in [2.05, 4.69) is 10.4 Å². The molecule has 0 atom stereocenters. The van der Waals surface area contributed by atoms with E-state index in [4.69, 9.17) is 16.3 Å². The highest BCUT2D eigenvalue weighted by atomic mass is 35.5. The Labute approximate surface area is 121 Å². The zero-order valence-corrected chi connectivity index (χ0v) is 11.3. The molecule has 5 nitrogen and oxygen atoms in total. The Hall–Kier alpha value is -2.11. The topological polar surface area (TPSA) is 53.9 Å². The molecule has 1 aromatic rings. The minimum Gasteiger partial charge on any atom is -0.443 e. The van der Waals surface area contributed by atoms with Gasteiger partial charge in [-0.3, -0.25) is 4.99 Å². The maximum Gasteiger partial charge on any atom is 0.428 e. The maximum atomic E-state index is 12.0. The Morgan fingerprint density at radius 2 is 2.20 bits per heavy atom. The normalized spacial score (nSPS) is 17.1. The number of rotatable bonds is 2. The summed E-state index contributed by atoms with van der Waals surface area (Å²) < 4.78 is 5.23. The molecule has 20 heavy (non-hydrogen) atoms. The molecule has 6 heteroatoms. The molecule has 2 heterocycles. The number of benzene rings is 1. The first kappa shape index (κ1) is 12.9. The molecule has 3 rings (SSSR count). The number of nitrogens with zero attached hydrogens (tertiary/aromatic N) is 2. The van der Waals surface area contributed by atoms with Crippen molar-refractivity contribution in [1.29, 1.82) is 0 Å². The van der Waals surface area contributed by atoms with Gasteiger partial charge in [-0.15, -0.1) is 0 Å². The van der Waals surface area contributed by atoms with Crippen LogP contribution in [0.3, 0.4) is 0 Å². The van der Waals surface area contributed by atoms with Crippen molar-refractivity contribution in [1.82, 2.24) is 10.4 Å². The summed E-state index contributed by atoms with van der Waals surface area (Å²) in [6.07, 6.45) is 2.70. The first-order valence-corrected chi connectivity index (χ1v) is 6.50. The van der Waals surface area contributed by atoms with Crippen molar-refractivity contribution in [3.05, 3.63) is 58.9 Å². The lowest BCUT2D eigenvalue weighted by atomic mass is 10.1. The second kappa shape index (κ2) is 5.48. The summed E-state index contributed by atoms with van der Waals surface area (Å²) in [7, 11) is 0. The number of hydrogen-bond acceptors (Lipinski definition) is 4. The van der Waals surface area contributed by atoms with Gasteiger partial charge in [-0.2, -0.15) is 0 Å². The van der Waals surface area contributed by atoms with Crippen LogP contribution in [0.25, 0.3) is 0 Å². The van der Waals surface area contributed by atoms with E-state index in [1.807, 2.05) is 30.3 Å². The fourth-order valence-electron chi connectivity index (χ4n) is 1.93. The van der Waals surface area contributed by atoms with E-state index < -0.39 is 6.09 Å². The van der Waals surface area contributed by atoms with E-state index in [1.165, 1.54) is 5.01 Å². The number of carbonyl (C=O) groups excluding carboxylic acids is 1. The SMILES string of the molecule is O=C(OCc1ccccc1)N1C=C2C(Cl)=CN=C2CN1. The Morgan fingerprint density at radius 1 is 1.40 bits per heavy atom. The van der Waals surface area contributed by atoms with Crippen molar-refractivity contribution in [2.24, 2.45) is 4.99 Å². The van der Waals surface area contributed by atoms with Gasteiger partial charge >= 0.3 is 6.09 Å². The second-order valence-electron chi connectivity index (χ2n) is 4.34. The lowest BCUT2D eigenvalue weighted by molar-refractivity contribution is 0.0973. The van der Waals surface area contributed by atoms with Crippen LogP contribution in [0.15, 0.2) is 58.3 Å². The van der Waals surface area contributed by atoms with E-state index in [-0.39, 0.29) is 6.61 Å². The van der Waals surface area contributed by atoms with Crippen LogP contribution in [-0.2, 0) is 11.3 Å². The average molecular weight is 290 g/mol. The van der Waals surface area contributed by atoms with Crippen LogP contribution < -0.4 is 5.43 Å². The van der Waals surface area contributed by atoms with Crippen molar-refractivity contribution in [2.45, 2.75) is 6.61 Å². The summed E-state index contributed by atoms with van der Waals surface area (Å²) in [4.78, 5) is 16.1. The van der Waals surface area contributed by atoms with Crippen LogP contribution in [0, 0.1) is 0 Å². The largest absolute Gasteiger partial charge is 0.443 e. The number of ether oxygens (including phenoxy) is 1. The molecular weight excluding hydrogens is 278 g/mol. The Bertz CT molecular complexity index is 623. The van der Waals surface area contributed by atoms with Crippen molar-refractivity contribution in [3.63, 3.8) is 0 Å². The maximum absolute atomic E-state index is 12.0. The van der Waals surface area contributed by atoms with Crippen LogP contribution in [0.5, 0.6) is 0 Å². The Balaban J connectivity index is 1.64. The number of halogens is 1. The smallest absolute Gasteiger partial charge is 0.428 e. The third-order valence-electron chi connectivity index (χ3n) is 2.98. The van der Waals surface area contributed by atoms with Gasteiger partial charge in [0.2, 0.25) is 0 Å². The van der Waals surface area contributed by atoms with Crippen molar-refractivity contribution < 1.29 is 9.53 Å². The first-order valence-electron chi connectivity index (χ1n) is 6.12. The fraction of sp³-hybridized carbons (Fsp3) is 0.143. The summed E-state index contributed by atoms with van der Waals surface area (Å²) in [5.41, 5.74) is 5.42. The fourth-order valence-corrected chi connectivity index (χ4v) is 2.14. The molecule has 0 saturated heterocycles. The summed E-state index contributed by atoms with van der Waals surface area (Å²) in [6, 6.07) is 9.51. The molecule has 2 aliphatic rings. The van der Waals surface area contributed by atoms with E-state index in [0.717, 1.165) is 16.8 Å². The molecule has 0 fully saturated rings. The number of aliphatic imine (C=N–C) groups is 1. The van der Waals surface area contributed by atoms with Gasteiger partial charge in [0.15, 0.2) is 0 Å². The molecule has 0 bridgehead atoms. The number of hydrogen-bond donors (Lipinski definition) is 1. The third-order valence-corrected chi connectivity index (χ3v) is 3.28. The van der Waals surface area contributed by atoms with Gasteiger partial charge in [0.25, 0.3) is 0 Å². The molecule has 0 aromatic heterocycles. The lowest BCUT2D eigenvalue weighted by Crippen LogP contribution is -2.45. The monoisotopic (exact) mass is 289 g/mol. The van der Waals surface area contributed by atoms with Gasteiger partial charge in [0, 0.05) is 18.0 Å². The zero-order chi connectivity index (χ0) is 13.9. The van der Waals surface area contributed by atoms with Crippen LogP contribution in [0.1, 0.15) is 5.56 Å². The van der Waals surface area contributed by atoms with Gasteiger partial charge in [0.1, 0.15) is 6.61 Å². The van der Waals surface area contributed by atoms with Gasteiger partial charge in [-0.1, -0.05) is 41.9 Å². The predicted molar refractivity (Wildman–Crippen MR) is 75.9 cm³/mol. The summed E-state index contributed by atoms with van der Waals surface area (Å²) in [6.45, 7) is 0.671. The Kier molecular flexibility index (Phi) is 3.54. The van der Waals surface area contributed by atoms with Crippen molar-refractivity contribution in [2.75, 3.05) is 6.54 Å². The number of hydrazine groups is 1. The summed E-state index contributed by atoms with van der Waals surface area (Å²) in [5.74, 6) is 0. The minimum absolute atomic E-state index is 0.228. The second-order valence-corrected chi connectivity index (χ2v) is 4.75. The predicted octanol–water partition coefficient (Wildman–Crippen LogP) is 2.56. The van der Waals surface area contributed by atoms with Gasteiger partial charge in [-0.05, 0) is 5.56 Å². The van der Waals surface area contributed by atoms with E-state index in [0.29, 0.717) is 11.6 Å². The molecule has 0 radical (unpaired) electrons. The standard InChI is InChI=1S/C14H12ClN3O2/c15-12-6-16-13-7-17-18(8-11(12)13)14(19)20-9-10-4-2-1-3-5-10/h1-6,8,17H,7,9H2. The lowest BCUT2D eigenvalue weighted by Gasteiger charge is -2.24. The third kappa shape index (κ3) is 2.59. The number of allylic oxidation sites excluding steroid dienone is 1. The number of fused-ring (bicyclic) bond motifs is 1. The first-order chi connectivity index (χ1) is 9.74.